The molecule has 4 unspecified atom stereocenters. The first kappa shape index (κ1) is 30.7. The number of aliphatic hydroxyl groups is 1. The maximum absolute atomic E-state index is 13.2. The molecule has 39 heavy (non-hydrogen) atoms. The summed E-state index contributed by atoms with van der Waals surface area (Å²) in [7, 11) is 0. The van der Waals surface area contributed by atoms with Gasteiger partial charge in [0, 0.05) is 36.4 Å². The van der Waals surface area contributed by atoms with Crippen molar-refractivity contribution < 1.29 is 44.1 Å². The maximum atomic E-state index is 13.2. The molecule has 1 aromatic heterocycles. The van der Waals surface area contributed by atoms with Crippen LogP contribution in [-0.4, -0.2) is 86.6 Å². The molecule has 4 atom stereocenters. The summed E-state index contributed by atoms with van der Waals surface area (Å²) in [6, 6.07) is 1.44. The van der Waals surface area contributed by atoms with Gasteiger partial charge in [-0.15, -0.1) is 0 Å². The lowest BCUT2D eigenvalue weighted by molar-refractivity contribution is -0.143. The number of carbonyl (C=O) groups is 6. The monoisotopic (exact) mass is 548 g/mol. The highest BCUT2D eigenvalue weighted by Gasteiger charge is 2.31. The predicted molar refractivity (Wildman–Crippen MR) is 136 cm³/mol. The van der Waals surface area contributed by atoms with E-state index in [9.17, 15) is 39.0 Å². The number of aromatic amines is 1. The highest BCUT2D eigenvalue weighted by molar-refractivity contribution is 5.95. The van der Waals surface area contributed by atoms with Crippen molar-refractivity contribution in [2.45, 2.75) is 56.3 Å². The number of benzene rings is 1. The van der Waals surface area contributed by atoms with Crippen molar-refractivity contribution in [3.63, 3.8) is 0 Å². The van der Waals surface area contributed by atoms with Crippen molar-refractivity contribution in [2.24, 2.45) is 11.5 Å². The van der Waals surface area contributed by atoms with Crippen molar-refractivity contribution >= 4 is 46.5 Å². The Hall–Kier alpha value is -4.50. The largest absolute Gasteiger partial charge is 0.481 e. The lowest BCUT2D eigenvalue weighted by atomic mass is 10.0. The molecule has 0 saturated heterocycles. The van der Waals surface area contributed by atoms with E-state index in [0.29, 0.717) is 5.56 Å². The topological polar surface area (TPSA) is 267 Å². The molecule has 0 spiro atoms. The van der Waals surface area contributed by atoms with Crippen LogP contribution in [0.4, 0.5) is 0 Å². The number of nitrogens with one attached hydrogen (secondary N) is 4. The first-order valence-electron chi connectivity index (χ1n) is 12.0. The molecule has 1 aromatic carbocycles. The van der Waals surface area contributed by atoms with Crippen LogP contribution in [0.1, 0.15) is 31.2 Å². The van der Waals surface area contributed by atoms with E-state index in [4.69, 9.17) is 16.6 Å². The van der Waals surface area contributed by atoms with Gasteiger partial charge in [-0.2, -0.15) is 0 Å². The SMILES string of the molecule is NC(=O)CCC(N)C(=O)NC(CCC(=O)O)C(=O)NC(Cc1c[nH]c2ccccc12)C(=O)NC(CO)C(=O)O. The molecule has 0 bridgehead atoms. The second kappa shape index (κ2) is 14.4. The van der Waals surface area contributed by atoms with Gasteiger partial charge in [-0.25, -0.2) is 4.79 Å². The normalized spacial score (nSPS) is 14.0. The molecule has 2 rings (SSSR count). The zero-order chi connectivity index (χ0) is 29.1. The summed E-state index contributed by atoms with van der Waals surface area (Å²) in [6.07, 6.45) is 0.322. The van der Waals surface area contributed by atoms with Crippen molar-refractivity contribution in [1.29, 1.82) is 0 Å². The molecule has 0 aliphatic rings. The van der Waals surface area contributed by atoms with Crippen molar-refractivity contribution in [1.82, 2.24) is 20.9 Å². The van der Waals surface area contributed by atoms with Gasteiger partial charge in [0.1, 0.15) is 18.1 Å². The van der Waals surface area contributed by atoms with Crippen LogP contribution in [-0.2, 0) is 35.2 Å². The van der Waals surface area contributed by atoms with E-state index in [1.807, 2.05) is 0 Å². The van der Waals surface area contributed by atoms with Gasteiger partial charge in [0.25, 0.3) is 0 Å². The quantitative estimate of drug-likeness (QED) is 0.108. The molecule has 15 heteroatoms. The first-order chi connectivity index (χ1) is 18.4. The zero-order valence-electron chi connectivity index (χ0n) is 20.9. The summed E-state index contributed by atoms with van der Waals surface area (Å²) in [5, 5.41) is 35.3. The van der Waals surface area contributed by atoms with Crippen LogP contribution in [0.3, 0.4) is 0 Å². The second-order valence-electron chi connectivity index (χ2n) is 8.81. The molecule has 0 radical (unpaired) electrons. The Balaban J connectivity index is 2.29. The number of para-hydroxylation sites is 1. The van der Waals surface area contributed by atoms with Gasteiger partial charge in [-0.3, -0.25) is 24.0 Å². The van der Waals surface area contributed by atoms with E-state index >= 15 is 0 Å². The first-order valence-corrected chi connectivity index (χ1v) is 12.0. The minimum atomic E-state index is -1.65. The number of carboxylic acids is 2. The molecular formula is C24H32N6O9. The highest BCUT2D eigenvalue weighted by Crippen LogP contribution is 2.19. The van der Waals surface area contributed by atoms with Crippen LogP contribution in [0, 0.1) is 0 Å². The number of carbonyl (C=O) groups excluding carboxylic acids is 4. The van der Waals surface area contributed by atoms with E-state index in [1.54, 1.807) is 30.5 Å². The molecule has 0 aliphatic carbocycles. The number of H-pyrrole nitrogens is 1. The maximum Gasteiger partial charge on any atom is 0.328 e. The average Bonchev–Trinajstić information content (AvgIpc) is 3.29. The van der Waals surface area contributed by atoms with Gasteiger partial charge in [0.2, 0.25) is 23.6 Å². The second-order valence-corrected chi connectivity index (χ2v) is 8.81. The summed E-state index contributed by atoms with van der Waals surface area (Å²) in [6.45, 7) is -0.907. The number of carboxylic acid groups (broad SMARTS) is 2. The molecule has 212 valence electrons. The molecule has 4 amide bonds. The smallest absolute Gasteiger partial charge is 0.328 e. The zero-order valence-corrected chi connectivity index (χ0v) is 20.9. The van der Waals surface area contributed by atoms with E-state index in [0.717, 1.165) is 10.9 Å². The number of primary amides is 1. The predicted octanol–water partition coefficient (Wildman–Crippen LogP) is -2.30. The lowest BCUT2D eigenvalue weighted by Gasteiger charge is -2.25. The molecule has 0 fully saturated rings. The number of fused-ring (bicyclic) bond motifs is 1. The van der Waals surface area contributed by atoms with Gasteiger partial charge >= 0.3 is 11.9 Å². The number of aliphatic hydroxyl groups excluding tert-OH is 1. The van der Waals surface area contributed by atoms with Crippen molar-refractivity contribution in [3.8, 4) is 0 Å². The Morgan fingerprint density at radius 3 is 2.08 bits per heavy atom. The summed E-state index contributed by atoms with van der Waals surface area (Å²) in [4.78, 5) is 75.2. The number of amides is 4. The summed E-state index contributed by atoms with van der Waals surface area (Å²) >= 11 is 0. The van der Waals surface area contributed by atoms with E-state index in [-0.39, 0.29) is 25.7 Å². The van der Waals surface area contributed by atoms with Gasteiger partial charge in [0.15, 0.2) is 0 Å². The van der Waals surface area contributed by atoms with Crippen LogP contribution in [0.25, 0.3) is 10.9 Å². The minimum absolute atomic E-state index is 0.113. The minimum Gasteiger partial charge on any atom is -0.481 e. The molecule has 1 heterocycles. The van der Waals surface area contributed by atoms with Crippen LogP contribution in [0.15, 0.2) is 30.5 Å². The van der Waals surface area contributed by atoms with Gasteiger partial charge in [-0.1, -0.05) is 18.2 Å². The van der Waals surface area contributed by atoms with E-state index in [2.05, 4.69) is 20.9 Å². The summed E-state index contributed by atoms with van der Waals surface area (Å²) < 4.78 is 0. The average molecular weight is 549 g/mol. The molecule has 15 nitrogen and oxygen atoms in total. The molecule has 0 aliphatic heterocycles. The third kappa shape index (κ3) is 9.39. The fourth-order valence-corrected chi connectivity index (χ4v) is 3.70. The Labute approximate surface area is 222 Å². The number of aromatic nitrogens is 1. The fourth-order valence-electron chi connectivity index (χ4n) is 3.70. The van der Waals surface area contributed by atoms with Crippen LogP contribution >= 0.6 is 0 Å². The van der Waals surface area contributed by atoms with Crippen molar-refractivity contribution in [3.05, 3.63) is 36.0 Å². The summed E-state index contributed by atoms with van der Waals surface area (Å²) in [5.41, 5.74) is 12.1. The van der Waals surface area contributed by atoms with Crippen molar-refractivity contribution in [2.75, 3.05) is 6.61 Å². The molecular weight excluding hydrogens is 516 g/mol. The third-order valence-corrected chi connectivity index (χ3v) is 5.85. The number of aliphatic carboxylic acids is 2. The Kier molecular flexibility index (Phi) is 11.4. The van der Waals surface area contributed by atoms with Crippen LogP contribution in [0.5, 0.6) is 0 Å². The van der Waals surface area contributed by atoms with Gasteiger partial charge in [0.05, 0.1) is 12.6 Å². The fraction of sp³-hybridized carbons (Fsp3) is 0.417. The molecule has 2 aromatic rings. The lowest BCUT2D eigenvalue weighted by Crippen LogP contribution is -2.58. The summed E-state index contributed by atoms with van der Waals surface area (Å²) in [5.74, 6) is -6.14. The Morgan fingerprint density at radius 1 is 0.846 bits per heavy atom. The van der Waals surface area contributed by atoms with Gasteiger partial charge < -0.3 is 47.7 Å². The van der Waals surface area contributed by atoms with E-state index < -0.39 is 72.8 Å². The Bertz CT molecular complexity index is 1210. The number of hydrogen-bond acceptors (Lipinski definition) is 8. The van der Waals surface area contributed by atoms with Gasteiger partial charge in [-0.05, 0) is 24.5 Å². The van der Waals surface area contributed by atoms with Crippen LogP contribution < -0.4 is 27.4 Å². The number of nitrogens with two attached hydrogens (primary N) is 2. The van der Waals surface area contributed by atoms with Crippen LogP contribution in [0.2, 0.25) is 0 Å². The standard InChI is InChI=1S/C24H32N6O9/c25-14(5-7-19(26)32)21(35)28-16(6-8-20(33)34)22(36)29-17(23(37)30-18(11-31)24(38)39)9-12-10-27-15-4-2-1-3-13(12)15/h1-4,10,14,16-18,27,31H,5-9,11,25H2,(H2,26,32)(H,28,35)(H,29,36)(H,30,37)(H,33,34)(H,38,39). The van der Waals surface area contributed by atoms with E-state index in [1.165, 1.54) is 0 Å². The number of hydrogen-bond donors (Lipinski definition) is 9. The highest BCUT2D eigenvalue weighted by atomic mass is 16.4. The number of rotatable bonds is 16. The molecule has 0 saturated carbocycles. The molecule has 11 N–H and O–H groups in total. The third-order valence-electron chi connectivity index (χ3n) is 5.85. The Morgan fingerprint density at radius 2 is 1.46 bits per heavy atom.